The summed E-state index contributed by atoms with van der Waals surface area (Å²) in [6, 6.07) is 2.85. The number of hydrogen-bond donors (Lipinski definition) is 2. The Labute approximate surface area is 124 Å². The van der Waals surface area contributed by atoms with Crippen LogP contribution in [0.2, 0.25) is 0 Å². The van der Waals surface area contributed by atoms with Crippen LogP contribution in [0, 0.1) is 5.82 Å². The molecule has 0 saturated heterocycles. The average molecular weight is 348 g/mol. The van der Waals surface area contributed by atoms with E-state index in [1.54, 1.807) is 6.92 Å². The zero-order valence-electron chi connectivity index (χ0n) is 11.0. The van der Waals surface area contributed by atoms with Gasteiger partial charge in [0.15, 0.2) is 6.10 Å². The molecule has 0 heterocycles. The molecule has 5 nitrogen and oxygen atoms in total. The lowest BCUT2D eigenvalue weighted by atomic mass is 10.2. The molecule has 0 fully saturated rings. The molecule has 7 heteroatoms. The summed E-state index contributed by atoms with van der Waals surface area (Å²) in [5.74, 6) is -1.78. The Bertz CT molecular complexity index is 509. The summed E-state index contributed by atoms with van der Waals surface area (Å²) in [7, 11) is 0. The Kier molecular flexibility index (Phi) is 5.94. The number of carboxylic acid groups (broad SMARTS) is 1. The molecular weight excluding hydrogens is 333 g/mol. The van der Waals surface area contributed by atoms with Crippen molar-refractivity contribution < 1.29 is 23.8 Å². The molecule has 0 spiro atoms. The predicted molar refractivity (Wildman–Crippen MR) is 74.0 cm³/mol. The molecule has 1 rings (SSSR count). The normalized spacial score (nSPS) is 13.4. The number of amides is 1. The van der Waals surface area contributed by atoms with E-state index in [-0.39, 0.29) is 6.42 Å². The lowest BCUT2D eigenvalue weighted by Gasteiger charge is -2.18. The summed E-state index contributed by atoms with van der Waals surface area (Å²) >= 11 is 3.12. The Morgan fingerprint density at radius 2 is 2.15 bits per heavy atom. The number of nitrogens with one attached hydrogen (secondary N) is 1. The number of rotatable bonds is 6. The minimum atomic E-state index is -1.10. The Morgan fingerprint density at radius 3 is 2.65 bits per heavy atom. The predicted octanol–water partition coefficient (Wildman–Crippen LogP) is 2.33. The van der Waals surface area contributed by atoms with Gasteiger partial charge in [0.2, 0.25) is 0 Å². The third kappa shape index (κ3) is 4.48. The van der Waals surface area contributed by atoms with Crippen LogP contribution in [0.15, 0.2) is 22.7 Å². The molecule has 20 heavy (non-hydrogen) atoms. The maximum atomic E-state index is 12.9. The number of hydrogen-bond acceptors (Lipinski definition) is 3. The molecule has 0 radical (unpaired) electrons. The minimum absolute atomic E-state index is 0.272. The lowest BCUT2D eigenvalue weighted by molar-refractivity contribution is -0.143. The maximum Gasteiger partial charge on any atom is 0.326 e. The van der Waals surface area contributed by atoms with Crippen molar-refractivity contribution in [3.63, 3.8) is 0 Å². The first-order chi connectivity index (χ1) is 9.35. The van der Waals surface area contributed by atoms with Gasteiger partial charge in [-0.15, -0.1) is 0 Å². The van der Waals surface area contributed by atoms with Gasteiger partial charge in [-0.25, -0.2) is 9.18 Å². The minimum Gasteiger partial charge on any atom is -0.480 e. The van der Waals surface area contributed by atoms with Crippen LogP contribution in [0.5, 0.6) is 5.75 Å². The molecule has 0 saturated carbocycles. The summed E-state index contributed by atoms with van der Waals surface area (Å²) < 4.78 is 18.7. The third-order valence-corrected chi connectivity index (χ3v) is 3.21. The van der Waals surface area contributed by atoms with Crippen molar-refractivity contribution >= 4 is 27.8 Å². The van der Waals surface area contributed by atoms with E-state index in [2.05, 4.69) is 21.2 Å². The lowest BCUT2D eigenvalue weighted by Crippen LogP contribution is -2.45. The maximum absolute atomic E-state index is 12.9. The summed E-state index contributed by atoms with van der Waals surface area (Å²) in [4.78, 5) is 22.6. The van der Waals surface area contributed by atoms with Crippen LogP contribution in [0.1, 0.15) is 20.3 Å². The van der Waals surface area contributed by atoms with E-state index in [4.69, 9.17) is 9.84 Å². The molecule has 2 N–H and O–H groups in total. The first kappa shape index (κ1) is 16.4. The van der Waals surface area contributed by atoms with Crippen molar-refractivity contribution in [1.29, 1.82) is 0 Å². The van der Waals surface area contributed by atoms with E-state index >= 15 is 0 Å². The van der Waals surface area contributed by atoms with Gasteiger partial charge in [0.1, 0.15) is 17.6 Å². The van der Waals surface area contributed by atoms with Gasteiger partial charge < -0.3 is 15.2 Å². The van der Waals surface area contributed by atoms with Gasteiger partial charge in [0, 0.05) is 0 Å². The SMILES string of the molecule is CCC(NC(=O)C(C)Oc1ccc(F)cc1Br)C(=O)O. The summed E-state index contributed by atoms with van der Waals surface area (Å²) in [6.45, 7) is 3.14. The third-order valence-electron chi connectivity index (χ3n) is 2.59. The van der Waals surface area contributed by atoms with Crippen LogP contribution in [0.25, 0.3) is 0 Å². The molecular formula is C13H15BrFNO4. The molecule has 2 unspecified atom stereocenters. The van der Waals surface area contributed by atoms with E-state index in [0.717, 1.165) is 0 Å². The highest BCUT2D eigenvalue weighted by atomic mass is 79.9. The zero-order chi connectivity index (χ0) is 15.3. The number of halogens is 2. The molecule has 1 amide bonds. The number of ether oxygens (including phenoxy) is 1. The second-order valence-electron chi connectivity index (χ2n) is 4.14. The van der Waals surface area contributed by atoms with Gasteiger partial charge in [0.05, 0.1) is 4.47 Å². The summed E-state index contributed by atoms with van der Waals surface area (Å²) in [5, 5.41) is 11.2. The zero-order valence-corrected chi connectivity index (χ0v) is 12.6. The topological polar surface area (TPSA) is 75.6 Å². The largest absolute Gasteiger partial charge is 0.480 e. The van der Waals surface area contributed by atoms with Crippen molar-refractivity contribution in [3.05, 3.63) is 28.5 Å². The van der Waals surface area contributed by atoms with Gasteiger partial charge in [-0.3, -0.25) is 4.79 Å². The fourth-order valence-corrected chi connectivity index (χ4v) is 1.89. The monoisotopic (exact) mass is 347 g/mol. The second kappa shape index (κ2) is 7.23. The van der Waals surface area contributed by atoms with Crippen molar-refractivity contribution in [2.24, 2.45) is 0 Å². The van der Waals surface area contributed by atoms with Gasteiger partial charge in [-0.2, -0.15) is 0 Å². The van der Waals surface area contributed by atoms with Crippen LogP contribution >= 0.6 is 15.9 Å². The van der Waals surface area contributed by atoms with Gasteiger partial charge in [-0.1, -0.05) is 6.92 Å². The fourth-order valence-electron chi connectivity index (χ4n) is 1.44. The number of carbonyl (C=O) groups is 2. The first-order valence-corrected chi connectivity index (χ1v) is 6.79. The van der Waals surface area contributed by atoms with Crippen molar-refractivity contribution in [1.82, 2.24) is 5.32 Å². The van der Waals surface area contributed by atoms with E-state index in [1.807, 2.05) is 0 Å². The van der Waals surface area contributed by atoms with Crippen LogP contribution in [0.4, 0.5) is 4.39 Å². The molecule has 0 bridgehead atoms. The van der Waals surface area contributed by atoms with Gasteiger partial charge in [-0.05, 0) is 47.5 Å². The Hall–Kier alpha value is -1.63. The van der Waals surface area contributed by atoms with Crippen LogP contribution in [-0.4, -0.2) is 29.1 Å². The van der Waals surface area contributed by atoms with E-state index in [1.165, 1.54) is 25.1 Å². The van der Waals surface area contributed by atoms with Crippen molar-refractivity contribution in [3.8, 4) is 5.75 Å². The first-order valence-electron chi connectivity index (χ1n) is 6.00. The summed E-state index contributed by atoms with van der Waals surface area (Å²) in [6.07, 6.45) is -0.626. The molecule has 0 aromatic heterocycles. The van der Waals surface area contributed by atoms with Crippen molar-refractivity contribution in [2.75, 3.05) is 0 Å². The highest BCUT2D eigenvalue weighted by Crippen LogP contribution is 2.26. The number of aliphatic carboxylic acids is 1. The van der Waals surface area contributed by atoms with E-state index in [9.17, 15) is 14.0 Å². The van der Waals surface area contributed by atoms with Crippen molar-refractivity contribution in [2.45, 2.75) is 32.4 Å². The molecule has 0 aliphatic rings. The average Bonchev–Trinajstić information content (AvgIpc) is 2.38. The Morgan fingerprint density at radius 1 is 1.50 bits per heavy atom. The molecule has 0 aliphatic heterocycles. The number of benzene rings is 1. The standard InChI is InChI=1S/C13H15BrFNO4/c1-3-10(13(18)19)16-12(17)7(2)20-11-5-4-8(15)6-9(11)14/h4-7,10H,3H2,1-2H3,(H,16,17)(H,18,19). The highest BCUT2D eigenvalue weighted by molar-refractivity contribution is 9.10. The van der Waals surface area contributed by atoms with Gasteiger partial charge >= 0.3 is 5.97 Å². The second-order valence-corrected chi connectivity index (χ2v) is 5.00. The van der Waals surface area contributed by atoms with E-state index < -0.39 is 29.8 Å². The Balaban J connectivity index is 2.68. The molecule has 1 aromatic carbocycles. The smallest absolute Gasteiger partial charge is 0.326 e. The fraction of sp³-hybridized carbons (Fsp3) is 0.385. The molecule has 110 valence electrons. The number of carbonyl (C=O) groups excluding carboxylic acids is 1. The molecule has 0 aliphatic carbocycles. The highest BCUT2D eigenvalue weighted by Gasteiger charge is 2.22. The van der Waals surface area contributed by atoms with E-state index in [0.29, 0.717) is 10.2 Å². The van der Waals surface area contributed by atoms with Gasteiger partial charge in [0.25, 0.3) is 5.91 Å². The molecule has 2 atom stereocenters. The molecule has 1 aromatic rings. The summed E-state index contributed by atoms with van der Waals surface area (Å²) in [5.41, 5.74) is 0. The van der Waals surface area contributed by atoms with Crippen LogP contribution in [0.3, 0.4) is 0 Å². The number of carboxylic acids is 1. The quantitative estimate of drug-likeness (QED) is 0.828. The van der Waals surface area contributed by atoms with Crippen LogP contribution < -0.4 is 10.1 Å². The van der Waals surface area contributed by atoms with Crippen LogP contribution in [-0.2, 0) is 9.59 Å².